The molecular weight excluding hydrogens is 623 g/mol. The van der Waals surface area contributed by atoms with Gasteiger partial charge in [-0.15, -0.1) is 11.3 Å². The number of benzene rings is 2. The zero-order valence-corrected chi connectivity index (χ0v) is 25.4. The molecule has 4 aromatic rings. The SMILES string of the molecule is N#Cc1c(N)sc2c(F)ccc(-c3c(C(F)(F)F)cc4c(N5C[C@H]6CC[C@@H](C5)N6)nc(N5CC(N6CC7(CC7)C6)C5)nc4c3F)c12. The molecule has 0 amide bonds. The van der Waals surface area contributed by atoms with Gasteiger partial charge in [0.2, 0.25) is 5.95 Å². The number of nitrogens with zero attached hydrogens (tertiary/aromatic N) is 6. The molecule has 238 valence electrons. The van der Waals surface area contributed by atoms with Gasteiger partial charge in [-0.1, -0.05) is 6.07 Å². The van der Waals surface area contributed by atoms with Crippen molar-refractivity contribution < 1.29 is 22.0 Å². The van der Waals surface area contributed by atoms with E-state index in [2.05, 4.69) is 15.2 Å². The second kappa shape index (κ2) is 9.62. The van der Waals surface area contributed by atoms with Crippen LogP contribution in [0.25, 0.3) is 32.1 Å². The second-order valence-electron chi connectivity index (χ2n) is 13.6. The molecule has 4 saturated heterocycles. The molecule has 2 atom stereocenters. The molecule has 8 nitrogen and oxygen atoms in total. The number of thiophene rings is 1. The minimum atomic E-state index is -4.99. The fourth-order valence-corrected chi connectivity index (χ4v) is 8.91. The van der Waals surface area contributed by atoms with Crippen molar-refractivity contribution >= 4 is 49.1 Å². The number of nitriles is 1. The lowest BCUT2D eigenvalue weighted by atomic mass is 9.92. The van der Waals surface area contributed by atoms with Crippen LogP contribution in [0.15, 0.2) is 18.2 Å². The maximum atomic E-state index is 17.0. The van der Waals surface area contributed by atoms with Gasteiger partial charge in [0.15, 0.2) is 5.82 Å². The number of alkyl halides is 3. The number of likely N-dealkylation sites (tertiary alicyclic amines) is 1. The third-order valence-electron chi connectivity index (χ3n) is 10.6. The van der Waals surface area contributed by atoms with E-state index in [4.69, 9.17) is 10.7 Å². The van der Waals surface area contributed by atoms with Gasteiger partial charge in [0, 0.05) is 73.7 Å². The topological polar surface area (TPSA) is 97.3 Å². The molecule has 1 saturated carbocycles. The van der Waals surface area contributed by atoms with Gasteiger partial charge in [-0.05, 0) is 48.8 Å². The van der Waals surface area contributed by atoms with Gasteiger partial charge in [-0.3, -0.25) is 4.90 Å². The van der Waals surface area contributed by atoms with Gasteiger partial charge in [0.1, 0.15) is 28.2 Å². The highest BCUT2D eigenvalue weighted by Crippen LogP contribution is 2.54. The van der Waals surface area contributed by atoms with Crippen LogP contribution in [0.4, 0.5) is 38.7 Å². The van der Waals surface area contributed by atoms with Crippen LogP contribution in [-0.4, -0.2) is 72.3 Å². The van der Waals surface area contributed by atoms with E-state index < -0.39 is 28.9 Å². The van der Waals surface area contributed by atoms with Crippen LogP contribution in [-0.2, 0) is 6.18 Å². The Kier molecular flexibility index (Phi) is 5.94. The van der Waals surface area contributed by atoms with Gasteiger partial charge in [-0.25, -0.2) is 13.8 Å². The molecule has 9 rings (SSSR count). The lowest BCUT2D eigenvalue weighted by Crippen LogP contribution is -2.66. The summed E-state index contributed by atoms with van der Waals surface area (Å²) in [5, 5.41) is 13.1. The molecule has 4 aliphatic heterocycles. The summed E-state index contributed by atoms with van der Waals surface area (Å²) in [5.74, 6) is -1.39. The Morgan fingerprint density at radius 1 is 1.02 bits per heavy atom. The van der Waals surface area contributed by atoms with Crippen LogP contribution in [0.3, 0.4) is 0 Å². The van der Waals surface area contributed by atoms with Crippen molar-refractivity contribution in [3.05, 3.63) is 41.0 Å². The summed E-state index contributed by atoms with van der Waals surface area (Å²) in [6.45, 7) is 4.54. The smallest absolute Gasteiger partial charge is 0.389 e. The Labute approximate surface area is 264 Å². The molecular formula is C32H29F5N8S. The number of hydrogen-bond donors (Lipinski definition) is 2. The monoisotopic (exact) mass is 652 g/mol. The third-order valence-corrected chi connectivity index (χ3v) is 11.6. The van der Waals surface area contributed by atoms with E-state index in [1.807, 2.05) is 15.9 Å². The number of nitrogens with one attached hydrogen (secondary N) is 1. The quantitative estimate of drug-likeness (QED) is 0.280. The molecule has 0 radical (unpaired) electrons. The summed E-state index contributed by atoms with van der Waals surface area (Å²) >= 11 is 0.747. The van der Waals surface area contributed by atoms with Gasteiger partial charge in [-0.2, -0.15) is 23.4 Å². The highest BCUT2D eigenvalue weighted by molar-refractivity contribution is 7.23. The van der Waals surface area contributed by atoms with Crippen molar-refractivity contribution in [2.75, 3.05) is 54.8 Å². The molecule has 1 spiro atoms. The van der Waals surface area contributed by atoms with E-state index in [1.54, 1.807) is 0 Å². The predicted molar refractivity (Wildman–Crippen MR) is 166 cm³/mol. The van der Waals surface area contributed by atoms with Crippen molar-refractivity contribution in [2.24, 2.45) is 5.41 Å². The van der Waals surface area contributed by atoms with Gasteiger partial charge >= 0.3 is 6.18 Å². The van der Waals surface area contributed by atoms with E-state index in [1.165, 1.54) is 12.8 Å². The number of fused-ring (bicyclic) bond motifs is 4. The number of rotatable bonds is 4. The predicted octanol–water partition coefficient (Wildman–Crippen LogP) is 5.49. The normalized spacial score (nSPS) is 24.1. The summed E-state index contributed by atoms with van der Waals surface area (Å²) in [5.41, 5.74) is 3.77. The summed E-state index contributed by atoms with van der Waals surface area (Å²) in [6, 6.07) is 5.51. The van der Waals surface area contributed by atoms with E-state index in [0.29, 0.717) is 37.6 Å². The fourth-order valence-electron chi connectivity index (χ4n) is 7.96. The minimum absolute atomic E-state index is 0.0298. The molecule has 2 bridgehead atoms. The van der Waals surface area contributed by atoms with E-state index >= 15 is 4.39 Å². The van der Waals surface area contributed by atoms with Crippen molar-refractivity contribution in [2.45, 2.75) is 50.0 Å². The number of aromatic nitrogens is 2. The summed E-state index contributed by atoms with van der Waals surface area (Å²) < 4.78 is 76.5. The molecule has 6 heterocycles. The van der Waals surface area contributed by atoms with Crippen LogP contribution in [0, 0.1) is 28.4 Å². The molecule has 46 heavy (non-hydrogen) atoms. The number of hydrogen-bond acceptors (Lipinski definition) is 9. The molecule has 3 N–H and O–H groups in total. The largest absolute Gasteiger partial charge is 0.417 e. The van der Waals surface area contributed by atoms with Gasteiger partial charge in [0.05, 0.1) is 15.8 Å². The zero-order valence-electron chi connectivity index (χ0n) is 24.6. The van der Waals surface area contributed by atoms with Crippen molar-refractivity contribution in [3.8, 4) is 17.2 Å². The minimum Gasteiger partial charge on any atom is -0.389 e. The number of nitrogens with two attached hydrogens (primary N) is 1. The maximum Gasteiger partial charge on any atom is 0.417 e. The lowest BCUT2D eigenvalue weighted by molar-refractivity contribution is -0.137. The van der Waals surface area contributed by atoms with Crippen LogP contribution < -0.4 is 20.9 Å². The van der Waals surface area contributed by atoms with E-state index in [0.717, 1.165) is 55.5 Å². The molecule has 14 heteroatoms. The number of anilines is 3. The summed E-state index contributed by atoms with van der Waals surface area (Å²) in [6.07, 6.45) is -0.544. The Balaban J connectivity index is 1.23. The van der Waals surface area contributed by atoms with Crippen molar-refractivity contribution in [3.63, 3.8) is 0 Å². The van der Waals surface area contributed by atoms with Gasteiger partial charge < -0.3 is 20.9 Å². The Morgan fingerprint density at radius 2 is 1.74 bits per heavy atom. The Hall–Kier alpha value is -3.80. The average molecular weight is 653 g/mol. The standard InChI is InChI=1S/C32H29F5N8S/c33-22-4-3-18(23-20(8-38)28(39)46-27(22)23)24-21(32(35,36)37)7-19-26(25(24)34)41-30(42-29(19)43-9-15-1-2-16(10-43)40-15)44-11-17(12-44)45-13-31(14-45)5-6-31/h3-4,7,15-17,40H,1-2,5-6,9-14,39H2/t15-,16+. The van der Waals surface area contributed by atoms with Crippen LogP contribution in [0.2, 0.25) is 0 Å². The third kappa shape index (κ3) is 4.21. The fraction of sp³-hybridized carbons (Fsp3) is 0.469. The molecule has 1 aliphatic carbocycles. The first kappa shape index (κ1) is 28.4. The van der Waals surface area contributed by atoms with Crippen molar-refractivity contribution in [1.82, 2.24) is 20.2 Å². The molecule has 5 fully saturated rings. The molecule has 2 aromatic heterocycles. The van der Waals surface area contributed by atoms with Crippen LogP contribution in [0.1, 0.15) is 36.8 Å². The lowest BCUT2D eigenvalue weighted by Gasteiger charge is -2.52. The Bertz CT molecular complexity index is 1970. The van der Waals surface area contributed by atoms with E-state index in [9.17, 15) is 22.8 Å². The molecule has 5 aliphatic rings. The van der Waals surface area contributed by atoms with Crippen molar-refractivity contribution in [1.29, 1.82) is 5.26 Å². The number of nitrogen functional groups attached to an aromatic ring is 1. The second-order valence-corrected chi connectivity index (χ2v) is 14.7. The van der Waals surface area contributed by atoms with E-state index in [-0.39, 0.29) is 61.0 Å². The molecule has 0 unspecified atom stereocenters. The highest BCUT2D eigenvalue weighted by atomic mass is 32.1. The number of halogens is 5. The number of piperazine rings is 1. The summed E-state index contributed by atoms with van der Waals surface area (Å²) in [4.78, 5) is 15.8. The van der Waals surface area contributed by atoms with Crippen LogP contribution >= 0.6 is 11.3 Å². The first-order chi connectivity index (χ1) is 22.0. The highest BCUT2D eigenvalue weighted by Gasteiger charge is 2.55. The summed E-state index contributed by atoms with van der Waals surface area (Å²) in [7, 11) is 0. The Morgan fingerprint density at radius 3 is 2.39 bits per heavy atom. The first-order valence-electron chi connectivity index (χ1n) is 15.5. The first-order valence-corrected chi connectivity index (χ1v) is 16.4. The zero-order chi connectivity index (χ0) is 31.7. The van der Waals surface area contributed by atoms with Gasteiger partial charge in [0.25, 0.3) is 0 Å². The maximum absolute atomic E-state index is 17.0. The van der Waals surface area contributed by atoms with Crippen LogP contribution in [0.5, 0.6) is 0 Å². The average Bonchev–Trinajstić information content (AvgIpc) is 3.61. The molecule has 2 aromatic carbocycles.